The Morgan fingerprint density at radius 3 is 2.64 bits per heavy atom. The summed E-state index contributed by atoms with van der Waals surface area (Å²) in [6.45, 7) is 0. The Morgan fingerprint density at radius 1 is 1.57 bits per heavy atom. The lowest BCUT2D eigenvalue weighted by Gasteiger charge is -2.07. The van der Waals surface area contributed by atoms with Crippen LogP contribution in [0.1, 0.15) is 10.4 Å². The van der Waals surface area contributed by atoms with Crippen LogP contribution in [0.15, 0.2) is 17.0 Å². The van der Waals surface area contributed by atoms with Crippen LogP contribution in [-0.2, 0) is 0 Å². The highest BCUT2D eigenvalue weighted by Gasteiger charge is 2.14. The van der Waals surface area contributed by atoms with E-state index in [-0.39, 0.29) is 10.6 Å². The average Bonchev–Trinajstić information content (AvgIpc) is 2.17. The fourth-order valence-corrected chi connectivity index (χ4v) is 1.72. The smallest absolute Gasteiger partial charge is 0.337 e. The van der Waals surface area contributed by atoms with Crippen molar-refractivity contribution in [2.45, 2.75) is 4.90 Å². The highest BCUT2D eigenvalue weighted by molar-refractivity contribution is 7.98. The SMILES string of the molecule is COc1cc(SC)cc(C(=O)O)c1Cl. The maximum Gasteiger partial charge on any atom is 0.337 e. The number of benzene rings is 1. The molecular formula is C9H9ClO3S. The summed E-state index contributed by atoms with van der Waals surface area (Å²) in [5.41, 5.74) is 0.0652. The zero-order valence-corrected chi connectivity index (χ0v) is 9.28. The molecule has 1 rings (SSSR count). The minimum absolute atomic E-state index is 0.0652. The Morgan fingerprint density at radius 2 is 2.21 bits per heavy atom. The van der Waals surface area contributed by atoms with Crippen molar-refractivity contribution in [1.82, 2.24) is 0 Å². The number of ether oxygens (including phenoxy) is 1. The second-order valence-corrected chi connectivity index (χ2v) is 3.75. The third-order valence-corrected chi connectivity index (χ3v) is 2.80. The Balaban J connectivity index is 3.34. The Bertz CT molecular complexity index is 365. The van der Waals surface area contributed by atoms with Crippen molar-refractivity contribution in [1.29, 1.82) is 0 Å². The van der Waals surface area contributed by atoms with Crippen LogP contribution >= 0.6 is 23.4 Å². The highest BCUT2D eigenvalue weighted by Crippen LogP contribution is 2.32. The van der Waals surface area contributed by atoms with Crippen LogP contribution in [0.25, 0.3) is 0 Å². The van der Waals surface area contributed by atoms with Crippen LogP contribution < -0.4 is 4.74 Å². The molecule has 0 aliphatic carbocycles. The largest absolute Gasteiger partial charge is 0.495 e. The first kappa shape index (κ1) is 11.2. The maximum absolute atomic E-state index is 10.8. The van der Waals surface area contributed by atoms with Crippen LogP contribution in [0.4, 0.5) is 0 Å². The minimum Gasteiger partial charge on any atom is -0.495 e. The zero-order valence-electron chi connectivity index (χ0n) is 7.70. The summed E-state index contributed by atoms with van der Waals surface area (Å²) in [5.74, 6) is -0.667. The molecular weight excluding hydrogens is 224 g/mol. The van der Waals surface area contributed by atoms with Crippen molar-refractivity contribution in [3.05, 3.63) is 22.7 Å². The molecule has 0 amide bonds. The van der Waals surface area contributed by atoms with Gasteiger partial charge < -0.3 is 9.84 Å². The summed E-state index contributed by atoms with van der Waals surface area (Å²) in [6.07, 6.45) is 1.86. The molecule has 0 spiro atoms. The number of rotatable bonds is 3. The molecule has 5 heteroatoms. The van der Waals surface area contributed by atoms with Gasteiger partial charge in [-0.3, -0.25) is 0 Å². The third kappa shape index (κ3) is 2.13. The number of thioether (sulfide) groups is 1. The average molecular weight is 233 g/mol. The molecule has 3 nitrogen and oxygen atoms in total. The zero-order chi connectivity index (χ0) is 10.7. The molecule has 0 heterocycles. The number of hydrogen-bond acceptors (Lipinski definition) is 3. The maximum atomic E-state index is 10.8. The van der Waals surface area contributed by atoms with Gasteiger partial charge in [0.15, 0.2) is 0 Å². The molecule has 76 valence electrons. The predicted octanol–water partition coefficient (Wildman–Crippen LogP) is 2.77. The molecule has 0 radical (unpaired) electrons. The molecule has 0 saturated heterocycles. The molecule has 0 saturated carbocycles. The molecule has 0 aliphatic rings. The summed E-state index contributed by atoms with van der Waals surface area (Å²) in [5, 5.41) is 8.99. The van der Waals surface area contributed by atoms with Crippen LogP contribution in [-0.4, -0.2) is 24.4 Å². The van der Waals surface area contributed by atoms with Gasteiger partial charge in [0.25, 0.3) is 0 Å². The van der Waals surface area contributed by atoms with E-state index in [2.05, 4.69) is 0 Å². The lowest BCUT2D eigenvalue weighted by Crippen LogP contribution is -1.99. The fourth-order valence-electron chi connectivity index (χ4n) is 0.995. The second-order valence-electron chi connectivity index (χ2n) is 2.50. The number of carbonyl (C=O) groups is 1. The first-order chi connectivity index (χ1) is 6.60. The predicted molar refractivity (Wildman–Crippen MR) is 56.7 cm³/mol. The second kappa shape index (κ2) is 4.57. The Hall–Kier alpha value is -0.870. The van der Waals surface area contributed by atoms with E-state index in [1.54, 1.807) is 6.07 Å². The van der Waals surface area contributed by atoms with Crippen molar-refractivity contribution < 1.29 is 14.6 Å². The van der Waals surface area contributed by atoms with Crippen molar-refractivity contribution in [2.75, 3.05) is 13.4 Å². The van der Waals surface area contributed by atoms with E-state index in [1.165, 1.54) is 24.9 Å². The first-order valence-corrected chi connectivity index (χ1v) is 5.35. The standard InChI is InChI=1S/C9H9ClO3S/c1-13-7-4-5(14-2)3-6(8(7)10)9(11)12/h3-4H,1-2H3,(H,11,12). The van der Waals surface area contributed by atoms with Gasteiger partial charge in [-0.2, -0.15) is 0 Å². The van der Waals surface area contributed by atoms with Crippen LogP contribution in [0.2, 0.25) is 5.02 Å². The van der Waals surface area contributed by atoms with Crippen LogP contribution in [0, 0.1) is 0 Å². The fraction of sp³-hybridized carbons (Fsp3) is 0.222. The highest BCUT2D eigenvalue weighted by atomic mass is 35.5. The summed E-state index contributed by atoms with van der Waals surface area (Å²) < 4.78 is 4.97. The van der Waals surface area contributed by atoms with Gasteiger partial charge in [-0.1, -0.05) is 11.6 Å². The van der Waals surface area contributed by atoms with Gasteiger partial charge >= 0.3 is 5.97 Å². The van der Waals surface area contributed by atoms with Gasteiger partial charge in [0.2, 0.25) is 0 Å². The van der Waals surface area contributed by atoms with E-state index in [4.69, 9.17) is 21.4 Å². The van der Waals surface area contributed by atoms with E-state index >= 15 is 0 Å². The Labute approximate surface area is 91.0 Å². The number of aromatic carboxylic acids is 1. The molecule has 1 aromatic carbocycles. The molecule has 1 N–H and O–H groups in total. The number of carboxylic acids is 1. The van der Waals surface area contributed by atoms with Crippen molar-refractivity contribution in [2.24, 2.45) is 0 Å². The molecule has 1 aromatic rings. The van der Waals surface area contributed by atoms with Gasteiger partial charge in [0, 0.05) is 4.90 Å². The van der Waals surface area contributed by atoms with Crippen LogP contribution in [0.3, 0.4) is 0 Å². The molecule has 0 aromatic heterocycles. The topological polar surface area (TPSA) is 46.5 Å². The van der Waals surface area contributed by atoms with E-state index in [1.807, 2.05) is 6.26 Å². The molecule has 0 unspecified atom stereocenters. The molecule has 0 aliphatic heterocycles. The third-order valence-electron chi connectivity index (χ3n) is 1.70. The summed E-state index contributed by atoms with van der Waals surface area (Å²) in [6, 6.07) is 3.23. The minimum atomic E-state index is -1.05. The lowest BCUT2D eigenvalue weighted by atomic mass is 10.2. The summed E-state index contributed by atoms with van der Waals surface area (Å²) in [7, 11) is 1.46. The van der Waals surface area contributed by atoms with E-state index in [9.17, 15) is 4.79 Å². The van der Waals surface area contributed by atoms with Crippen molar-refractivity contribution in [3.8, 4) is 5.75 Å². The van der Waals surface area contributed by atoms with Gasteiger partial charge in [0.1, 0.15) is 5.75 Å². The van der Waals surface area contributed by atoms with Crippen molar-refractivity contribution >= 4 is 29.3 Å². The molecule has 0 fully saturated rings. The lowest BCUT2D eigenvalue weighted by molar-refractivity contribution is 0.0696. The number of carboxylic acid groups (broad SMARTS) is 1. The van der Waals surface area contributed by atoms with Gasteiger partial charge in [-0.15, -0.1) is 11.8 Å². The van der Waals surface area contributed by atoms with Gasteiger partial charge in [-0.05, 0) is 18.4 Å². The first-order valence-electron chi connectivity index (χ1n) is 3.75. The van der Waals surface area contributed by atoms with Gasteiger partial charge in [0.05, 0.1) is 17.7 Å². The number of methoxy groups -OCH3 is 1. The summed E-state index contributed by atoms with van der Waals surface area (Å²) in [4.78, 5) is 11.6. The van der Waals surface area contributed by atoms with E-state index in [0.717, 1.165) is 4.90 Å². The normalized spacial score (nSPS) is 9.93. The molecule has 0 atom stereocenters. The summed E-state index contributed by atoms with van der Waals surface area (Å²) >= 11 is 7.25. The molecule has 0 bridgehead atoms. The number of halogens is 1. The number of hydrogen-bond donors (Lipinski definition) is 1. The van der Waals surface area contributed by atoms with E-state index in [0.29, 0.717) is 5.75 Å². The molecule has 14 heavy (non-hydrogen) atoms. The Kier molecular flexibility index (Phi) is 3.66. The van der Waals surface area contributed by atoms with Crippen molar-refractivity contribution in [3.63, 3.8) is 0 Å². The van der Waals surface area contributed by atoms with Gasteiger partial charge in [-0.25, -0.2) is 4.79 Å². The quantitative estimate of drug-likeness (QED) is 0.814. The van der Waals surface area contributed by atoms with Crippen LogP contribution in [0.5, 0.6) is 5.75 Å². The monoisotopic (exact) mass is 232 g/mol. The van der Waals surface area contributed by atoms with E-state index < -0.39 is 5.97 Å².